The van der Waals surface area contributed by atoms with Crippen molar-refractivity contribution < 1.29 is 9.72 Å². The van der Waals surface area contributed by atoms with E-state index in [1.807, 2.05) is 0 Å². The lowest BCUT2D eigenvalue weighted by molar-refractivity contribution is -0.384. The van der Waals surface area contributed by atoms with Gasteiger partial charge in [0, 0.05) is 30.0 Å². The quantitative estimate of drug-likeness (QED) is 0.490. The Hall–Kier alpha value is -1.63. The van der Waals surface area contributed by atoms with Crippen LogP contribution in [0, 0.1) is 17.0 Å². The van der Waals surface area contributed by atoms with Crippen molar-refractivity contribution in [3.8, 4) is 0 Å². The zero-order valence-corrected chi connectivity index (χ0v) is 10.1. The van der Waals surface area contributed by atoms with Crippen LogP contribution in [0.5, 0.6) is 0 Å². The number of hydrogen-bond acceptors (Lipinski definition) is 5. The van der Waals surface area contributed by atoms with Crippen LogP contribution in [0.15, 0.2) is 12.1 Å². The Labute approximate surface area is 103 Å². The molecule has 1 aliphatic heterocycles. The molecule has 1 atom stereocenters. The first-order valence-electron chi connectivity index (χ1n) is 5.09. The lowest BCUT2D eigenvalue weighted by Crippen LogP contribution is -2.26. The van der Waals surface area contributed by atoms with E-state index in [0.717, 1.165) is 0 Å². The van der Waals surface area contributed by atoms with Crippen LogP contribution in [0.3, 0.4) is 0 Å². The summed E-state index contributed by atoms with van der Waals surface area (Å²) in [4.78, 5) is 27.5. The smallest absolute Gasteiger partial charge is 0.290 e. The first-order valence-corrected chi connectivity index (χ1v) is 5.61. The average Bonchev–Trinajstić information content (AvgIpc) is 2.57. The van der Waals surface area contributed by atoms with Crippen LogP contribution in [0.25, 0.3) is 0 Å². The Kier molecular flexibility index (Phi) is 3.01. The first kappa shape index (κ1) is 11.8. The number of thiol groups is 1. The monoisotopic (exact) mass is 253 g/mol. The second kappa shape index (κ2) is 4.33. The van der Waals surface area contributed by atoms with Crippen LogP contribution in [0.1, 0.15) is 12.1 Å². The largest absolute Gasteiger partial charge is 0.312 e. The van der Waals surface area contributed by atoms with Gasteiger partial charge < -0.3 is 0 Å². The van der Waals surface area contributed by atoms with E-state index in [9.17, 15) is 14.9 Å². The standard InChI is InChI=1S/C10H11N3O3S/c1-6-2-3-8(13(15)16)10(11-6)12-5-7(17)4-9(12)14/h2-3,7,17H,4-5H2,1H3. The lowest BCUT2D eigenvalue weighted by Gasteiger charge is -2.15. The molecule has 2 rings (SSSR count). The molecule has 90 valence electrons. The van der Waals surface area contributed by atoms with Gasteiger partial charge in [0.1, 0.15) is 0 Å². The average molecular weight is 253 g/mol. The number of anilines is 1. The summed E-state index contributed by atoms with van der Waals surface area (Å²) in [5, 5.41) is 10.8. The predicted octanol–water partition coefficient (Wildman–Crippen LogP) is 1.33. The van der Waals surface area contributed by atoms with Crippen molar-refractivity contribution in [2.45, 2.75) is 18.6 Å². The topological polar surface area (TPSA) is 76.3 Å². The van der Waals surface area contributed by atoms with E-state index in [4.69, 9.17) is 0 Å². The molecule has 0 aliphatic carbocycles. The van der Waals surface area contributed by atoms with Gasteiger partial charge in [-0.25, -0.2) is 4.98 Å². The number of rotatable bonds is 2. The van der Waals surface area contributed by atoms with Crippen LogP contribution in [0.2, 0.25) is 0 Å². The summed E-state index contributed by atoms with van der Waals surface area (Å²) in [6.45, 7) is 2.09. The van der Waals surface area contributed by atoms with Crippen LogP contribution in [0.4, 0.5) is 11.5 Å². The van der Waals surface area contributed by atoms with Crippen molar-refractivity contribution >= 4 is 30.0 Å². The van der Waals surface area contributed by atoms with Gasteiger partial charge in [-0.1, -0.05) is 0 Å². The van der Waals surface area contributed by atoms with Gasteiger partial charge in [-0.3, -0.25) is 19.8 Å². The van der Waals surface area contributed by atoms with Crippen molar-refractivity contribution in [2.75, 3.05) is 11.4 Å². The van der Waals surface area contributed by atoms with E-state index in [2.05, 4.69) is 17.6 Å². The molecule has 0 spiro atoms. The van der Waals surface area contributed by atoms with Crippen LogP contribution in [-0.2, 0) is 4.79 Å². The predicted molar refractivity (Wildman–Crippen MR) is 65.4 cm³/mol. The van der Waals surface area contributed by atoms with Gasteiger partial charge in [0.15, 0.2) is 0 Å². The van der Waals surface area contributed by atoms with E-state index in [0.29, 0.717) is 12.2 Å². The van der Waals surface area contributed by atoms with Crippen molar-refractivity contribution in [3.05, 3.63) is 27.9 Å². The second-order valence-electron chi connectivity index (χ2n) is 3.91. The van der Waals surface area contributed by atoms with Gasteiger partial charge in [0.05, 0.1) is 4.92 Å². The Bertz CT molecular complexity index is 492. The number of amides is 1. The Balaban J connectivity index is 2.46. The summed E-state index contributed by atoms with van der Waals surface area (Å²) < 4.78 is 0. The third kappa shape index (κ3) is 2.23. The van der Waals surface area contributed by atoms with Crippen LogP contribution >= 0.6 is 12.6 Å². The molecule has 1 unspecified atom stereocenters. The number of nitro groups is 1. The van der Waals surface area contributed by atoms with Crippen LogP contribution in [-0.4, -0.2) is 27.6 Å². The third-order valence-corrected chi connectivity index (χ3v) is 2.90. The number of carbonyl (C=O) groups is 1. The minimum absolute atomic E-state index is 0.0931. The molecule has 1 fully saturated rings. The molecule has 1 saturated heterocycles. The van der Waals surface area contributed by atoms with E-state index in [1.165, 1.54) is 11.0 Å². The molecule has 1 aromatic rings. The van der Waals surface area contributed by atoms with Gasteiger partial charge in [-0.05, 0) is 13.0 Å². The number of nitrogens with zero attached hydrogens (tertiary/aromatic N) is 3. The molecule has 1 aliphatic rings. The molecule has 1 amide bonds. The van der Waals surface area contributed by atoms with Crippen molar-refractivity contribution in [2.24, 2.45) is 0 Å². The van der Waals surface area contributed by atoms with E-state index in [-0.39, 0.29) is 29.1 Å². The number of carbonyl (C=O) groups excluding carboxylic acids is 1. The van der Waals surface area contributed by atoms with Crippen molar-refractivity contribution in [3.63, 3.8) is 0 Å². The lowest BCUT2D eigenvalue weighted by atomic mass is 10.3. The molecule has 7 heteroatoms. The van der Waals surface area contributed by atoms with Crippen LogP contribution < -0.4 is 4.90 Å². The molecule has 0 aromatic carbocycles. The van der Waals surface area contributed by atoms with Crippen molar-refractivity contribution in [1.29, 1.82) is 0 Å². The first-order chi connectivity index (χ1) is 7.99. The summed E-state index contributed by atoms with van der Waals surface area (Å²) in [6, 6.07) is 2.93. The summed E-state index contributed by atoms with van der Waals surface area (Å²) in [5.41, 5.74) is 0.493. The molecule has 1 aromatic heterocycles. The second-order valence-corrected chi connectivity index (χ2v) is 4.65. The zero-order valence-electron chi connectivity index (χ0n) is 9.16. The number of pyridine rings is 1. The Morgan fingerprint density at radius 1 is 1.59 bits per heavy atom. The molecule has 17 heavy (non-hydrogen) atoms. The highest BCUT2D eigenvalue weighted by atomic mass is 32.1. The molecule has 2 heterocycles. The number of aryl methyl sites for hydroxylation is 1. The van der Waals surface area contributed by atoms with Gasteiger partial charge in [-0.2, -0.15) is 12.6 Å². The minimum atomic E-state index is -0.527. The fourth-order valence-corrected chi connectivity index (χ4v) is 2.09. The summed E-state index contributed by atoms with van der Waals surface area (Å²) in [5.74, 6) is -0.0530. The summed E-state index contributed by atoms with van der Waals surface area (Å²) >= 11 is 4.21. The van der Waals surface area contributed by atoms with Gasteiger partial charge >= 0.3 is 5.69 Å². The molecular weight excluding hydrogens is 242 g/mol. The minimum Gasteiger partial charge on any atom is -0.290 e. The normalized spacial score (nSPS) is 19.8. The fourth-order valence-electron chi connectivity index (χ4n) is 1.77. The van der Waals surface area contributed by atoms with Crippen molar-refractivity contribution in [1.82, 2.24) is 4.98 Å². The molecule has 6 nitrogen and oxygen atoms in total. The van der Waals surface area contributed by atoms with E-state index < -0.39 is 4.92 Å². The molecule has 0 radical (unpaired) electrons. The Morgan fingerprint density at radius 3 is 2.82 bits per heavy atom. The zero-order chi connectivity index (χ0) is 12.6. The molecular formula is C10H11N3O3S. The fraction of sp³-hybridized carbons (Fsp3) is 0.400. The maximum atomic E-state index is 11.7. The SMILES string of the molecule is Cc1ccc([N+](=O)[O-])c(N2CC(S)CC2=O)n1. The molecule has 0 N–H and O–H groups in total. The summed E-state index contributed by atoms with van der Waals surface area (Å²) in [6.07, 6.45) is 0.288. The Morgan fingerprint density at radius 2 is 2.29 bits per heavy atom. The maximum Gasteiger partial charge on any atom is 0.312 e. The summed E-state index contributed by atoms with van der Waals surface area (Å²) in [7, 11) is 0. The number of aromatic nitrogens is 1. The highest BCUT2D eigenvalue weighted by Crippen LogP contribution is 2.30. The third-order valence-electron chi connectivity index (χ3n) is 2.55. The molecule has 0 saturated carbocycles. The van der Waals surface area contributed by atoms with E-state index >= 15 is 0 Å². The van der Waals surface area contributed by atoms with Gasteiger partial charge in [-0.15, -0.1) is 0 Å². The van der Waals surface area contributed by atoms with Gasteiger partial charge in [0.2, 0.25) is 11.7 Å². The maximum absolute atomic E-state index is 11.7. The number of hydrogen-bond donors (Lipinski definition) is 1. The van der Waals surface area contributed by atoms with Gasteiger partial charge in [0.25, 0.3) is 0 Å². The highest BCUT2D eigenvalue weighted by Gasteiger charge is 2.33. The molecule has 0 bridgehead atoms. The van der Waals surface area contributed by atoms with E-state index in [1.54, 1.807) is 13.0 Å². The highest BCUT2D eigenvalue weighted by molar-refractivity contribution is 7.81.